The second-order valence-electron chi connectivity index (χ2n) is 0.894. The second-order valence-corrected chi connectivity index (χ2v) is 1.99. The molecule has 50 valence electrons. The van der Waals surface area contributed by atoms with E-state index in [0.29, 0.717) is 0 Å². The molecule has 0 saturated heterocycles. The molecular formula is CH6N2O4S. The number of hydrogen-bond donors (Lipinski definition) is 3. The van der Waals surface area contributed by atoms with Crippen molar-refractivity contribution in [3.05, 3.63) is 0 Å². The third kappa shape index (κ3) is 5.79. The summed E-state index contributed by atoms with van der Waals surface area (Å²) in [5.74, 6) is 4.59. The van der Waals surface area contributed by atoms with Gasteiger partial charge in [0.15, 0.2) is 0 Å². The zero-order valence-electron chi connectivity index (χ0n) is 3.86. The smallest absolute Gasteiger partial charge is 0.269 e. The molecule has 0 saturated carbocycles. The molecule has 8 heavy (non-hydrogen) atoms. The van der Waals surface area contributed by atoms with Gasteiger partial charge in [0.25, 0.3) is 0 Å². The van der Waals surface area contributed by atoms with E-state index in [2.05, 4.69) is 10.0 Å². The number of nitrogens with one attached hydrogen (secondary N) is 1. The number of hydrogen-bond acceptors (Lipinski definition) is 5. The summed E-state index contributed by atoms with van der Waals surface area (Å²) < 4.78 is 30.7. The highest BCUT2D eigenvalue weighted by molar-refractivity contribution is 7.80. The van der Waals surface area contributed by atoms with Crippen molar-refractivity contribution in [2.75, 3.05) is 6.73 Å². The standard InChI is InChI=1S/CH6N2O4S/c2-3-1-7-8(4,5)6/h3H,1-2H2,(H,4,5,6). The van der Waals surface area contributed by atoms with Crippen LogP contribution >= 0.6 is 0 Å². The first-order valence-corrected chi connectivity index (χ1v) is 2.98. The monoisotopic (exact) mass is 142 g/mol. The molecule has 0 aliphatic heterocycles. The fourth-order valence-corrected chi connectivity index (χ4v) is 0.325. The van der Waals surface area contributed by atoms with E-state index in [1.807, 2.05) is 5.43 Å². The molecule has 0 unspecified atom stereocenters. The maximum absolute atomic E-state index is 9.63. The lowest BCUT2D eigenvalue weighted by Gasteiger charge is -1.94. The summed E-state index contributed by atoms with van der Waals surface area (Å²) in [7, 11) is -4.33. The largest absolute Gasteiger partial charge is 0.398 e. The maximum atomic E-state index is 9.63. The molecular weight excluding hydrogens is 136 g/mol. The van der Waals surface area contributed by atoms with Crippen LogP contribution in [0.4, 0.5) is 0 Å². The fraction of sp³-hybridized carbons (Fsp3) is 1.00. The van der Waals surface area contributed by atoms with Gasteiger partial charge in [-0.2, -0.15) is 8.42 Å². The molecule has 0 radical (unpaired) electrons. The van der Waals surface area contributed by atoms with Crippen LogP contribution in [-0.2, 0) is 14.6 Å². The zero-order valence-corrected chi connectivity index (χ0v) is 4.68. The molecule has 0 spiro atoms. The van der Waals surface area contributed by atoms with E-state index in [0.717, 1.165) is 0 Å². The van der Waals surface area contributed by atoms with Gasteiger partial charge in [-0.25, -0.2) is 9.61 Å². The lowest BCUT2D eigenvalue weighted by molar-refractivity contribution is 0.248. The Balaban J connectivity index is 3.42. The predicted octanol–water partition coefficient (Wildman–Crippen LogP) is -1.77. The summed E-state index contributed by atoms with van der Waals surface area (Å²) in [6, 6.07) is 0. The van der Waals surface area contributed by atoms with E-state index < -0.39 is 17.1 Å². The quantitative estimate of drug-likeness (QED) is 0.186. The van der Waals surface area contributed by atoms with Gasteiger partial charge in [0, 0.05) is 0 Å². The van der Waals surface area contributed by atoms with Crippen molar-refractivity contribution in [3.8, 4) is 0 Å². The van der Waals surface area contributed by atoms with Crippen molar-refractivity contribution in [2.45, 2.75) is 0 Å². The van der Waals surface area contributed by atoms with Gasteiger partial charge < -0.3 is 0 Å². The average Bonchev–Trinajstić information content (AvgIpc) is 1.59. The predicted molar refractivity (Wildman–Crippen MR) is 24.8 cm³/mol. The van der Waals surface area contributed by atoms with Gasteiger partial charge in [-0.05, 0) is 0 Å². The van der Waals surface area contributed by atoms with Crippen LogP contribution in [-0.4, -0.2) is 19.7 Å². The highest BCUT2D eigenvalue weighted by atomic mass is 32.3. The van der Waals surface area contributed by atoms with E-state index in [1.54, 1.807) is 0 Å². The van der Waals surface area contributed by atoms with Crippen molar-refractivity contribution in [2.24, 2.45) is 5.84 Å². The fourth-order valence-electron chi connectivity index (χ4n) is 0.108. The molecule has 0 bridgehead atoms. The summed E-state index contributed by atoms with van der Waals surface area (Å²) in [6.07, 6.45) is 0. The summed E-state index contributed by atoms with van der Waals surface area (Å²) in [6.45, 7) is -0.432. The Morgan fingerprint density at radius 3 is 2.38 bits per heavy atom. The molecule has 0 aliphatic carbocycles. The van der Waals surface area contributed by atoms with Crippen LogP contribution < -0.4 is 11.3 Å². The van der Waals surface area contributed by atoms with E-state index >= 15 is 0 Å². The third-order valence-corrected chi connectivity index (χ3v) is 0.707. The minimum atomic E-state index is -4.33. The Labute approximate surface area is 46.6 Å². The Bertz CT molecular complexity index is 138. The van der Waals surface area contributed by atoms with Crippen molar-refractivity contribution in [1.82, 2.24) is 5.43 Å². The highest BCUT2D eigenvalue weighted by Gasteiger charge is 1.99. The highest BCUT2D eigenvalue weighted by Crippen LogP contribution is 1.79. The van der Waals surface area contributed by atoms with Gasteiger partial charge in [-0.1, -0.05) is 0 Å². The van der Waals surface area contributed by atoms with Gasteiger partial charge in [0.1, 0.15) is 6.73 Å². The summed E-state index contributed by atoms with van der Waals surface area (Å²) in [5.41, 5.74) is 1.86. The van der Waals surface area contributed by atoms with Gasteiger partial charge >= 0.3 is 10.4 Å². The Morgan fingerprint density at radius 1 is 1.75 bits per heavy atom. The number of nitrogens with two attached hydrogens (primary N) is 1. The molecule has 7 heteroatoms. The van der Waals surface area contributed by atoms with Crippen LogP contribution in [0.2, 0.25) is 0 Å². The Morgan fingerprint density at radius 2 is 2.25 bits per heavy atom. The van der Waals surface area contributed by atoms with Crippen LogP contribution in [0.15, 0.2) is 0 Å². The van der Waals surface area contributed by atoms with Crippen LogP contribution in [0.5, 0.6) is 0 Å². The molecule has 0 aromatic heterocycles. The first kappa shape index (κ1) is 7.79. The van der Waals surface area contributed by atoms with Crippen molar-refractivity contribution in [1.29, 1.82) is 0 Å². The molecule has 0 heterocycles. The van der Waals surface area contributed by atoms with Crippen LogP contribution in [0, 0.1) is 0 Å². The lowest BCUT2D eigenvalue weighted by atomic mass is 11.4. The molecule has 6 nitrogen and oxygen atoms in total. The van der Waals surface area contributed by atoms with Gasteiger partial charge in [-0.15, -0.1) is 0 Å². The third-order valence-electron chi connectivity index (χ3n) is 0.291. The average molecular weight is 142 g/mol. The molecule has 0 amide bonds. The summed E-state index contributed by atoms with van der Waals surface area (Å²) >= 11 is 0. The molecule has 0 aromatic carbocycles. The van der Waals surface area contributed by atoms with Crippen LogP contribution in [0.1, 0.15) is 0 Å². The molecule has 0 aliphatic rings. The van der Waals surface area contributed by atoms with Crippen LogP contribution in [0.25, 0.3) is 0 Å². The first-order valence-electron chi connectivity index (χ1n) is 1.61. The molecule has 4 N–H and O–H groups in total. The maximum Gasteiger partial charge on any atom is 0.398 e. The molecule has 0 aromatic rings. The number of rotatable bonds is 3. The molecule has 0 atom stereocenters. The summed E-state index contributed by atoms with van der Waals surface area (Å²) in [4.78, 5) is 0. The van der Waals surface area contributed by atoms with Crippen LogP contribution in [0.3, 0.4) is 0 Å². The minimum absolute atomic E-state index is 0.432. The Kier molecular flexibility index (Phi) is 2.87. The van der Waals surface area contributed by atoms with E-state index in [-0.39, 0.29) is 0 Å². The van der Waals surface area contributed by atoms with Crippen molar-refractivity contribution < 1.29 is 17.2 Å². The van der Waals surface area contributed by atoms with Crippen molar-refractivity contribution >= 4 is 10.4 Å². The second kappa shape index (κ2) is 2.95. The van der Waals surface area contributed by atoms with E-state index in [1.165, 1.54) is 0 Å². The van der Waals surface area contributed by atoms with Gasteiger partial charge in [-0.3, -0.25) is 10.4 Å². The Hall–Kier alpha value is -0.210. The van der Waals surface area contributed by atoms with Crippen molar-refractivity contribution in [3.63, 3.8) is 0 Å². The molecule has 0 fully saturated rings. The first-order chi connectivity index (χ1) is 3.56. The summed E-state index contributed by atoms with van der Waals surface area (Å²) in [5, 5.41) is 0. The van der Waals surface area contributed by atoms with Gasteiger partial charge in [0.2, 0.25) is 0 Å². The molecule has 0 rings (SSSR count). The zero-order chi connectivity index (χ0) is 6.62. The topological polar surface area (TPSA) is 102 Å². The number of hydrazine groups is 1. The van der Waals surface area contributed by atoms with E-state index in [4.69, 9.17) is 4.55 Å². The van der Waals surface area contributed by atoms with Gasteiger partial charge in [0.05, 0.1) is 0 Å². The lowest BCUT2D eigenvalue weighted by Crippen LogP contribution is -2.26. The van der Waals surface area contributed by atoms with E-state index in [9.17, 15) is 8.42 Å². The minimum Gasteiger partial charge on any atom is -0.269 e. The normalized spacial score (nSPS) is 11.8. The SMILES string of the molecule is NNCOS(=O)(=O)O.